The highest BCUT2D eigenvalue weighted by Gasteiger charge is 2.50. The smallest absolute Gasteiger partial charge is 0.413 e. The van der Waals surface area contributed by atoms with Crippen LogP contribution in [-0.4, -0.2) is 32.9 Å². The van der Waals surface area contributed by atoms with Crippen LogP contribution in [0, 0.1) is 13.8 Å². The van der Waals surface area contributed by atoms with Crippen molar-refractivity contribution in [2.24, 2.45) is 0 Å². The predicted molar refractivity (Wildman–Crippen MR) is 154 cm³/mol. The summed E-state index contributed by atoms with van der Waals surface area (Å²) in [5.74, 6) is 0. The molecule has 0 aliphatic heterocycles. The second kappa shape index (κ2) is 9.83. The Balaban J connectivity index is 1.70. The Morgan fingerprint density at radius 2 is 1.35 bits per heavy atom. The molecule has 1 aliphatic carbocycles. The molecule has 204 valence electrons. The van der Waals surface area contributed by atoms with Crippen molar-refractivity contribution in [1.82, 2.24) is 0 Å². The van der Waals surface area contributed by atoms with E-state index < -0.39 is 33.9 Å². The lowest BCUT2D eigenvalue weighted by atomic mass is 9.91. The van der Waals surface area contributed by atoms with E-state index in [1.165, 1.54) is 30.3 Å². The number of carboxylic acid groups (broad SMARTS) is 2. The number of halogens is 1. The zero-order valence-corrected chi connectivity index (χ0v) is 23.1. The second-order valence-corrected chi connectivity index (χ2v) is 10.8. The zero-order valence-electron chi connectivity index (χ0n) is 21.5. The first-order valence-corrected chi connectivity index (χ1v) is 12.9. The molecule has 1 aliphatic rings. The van der Waals surface area contributed by atoms with Gasteiger partial charge < -0.3 is 19.0 Å². The minimum absolute atomic E-state index is 0.139. The van der Waals surface area contributed by atoms with Gasteiger partial charge in [-0.25, -0.2) is 19.2 Å². The number of allylic oxidation sites excluding steroid dienone is 2. The predicted octanol–water partition coefficient (Wildman–Crippen LogP) is 6.16. The number of hydrogen-bond acceptors (Lipinski definition) is 6. The Labute approximate surface area is 235 Å². The second-order valence-electron chi connectivity index (χ2n) is 9.53. The third-order valence-electron chi connectivity index (χ3n) is 6.91. The average Bonchev–Trinajstić information content (AvgIpc) is 2.85. The molecule has 0 saturated carbocycles. The van der Waals surface area contributed by atoms with Crippen molar-refractivity contribution < 1.29 is 28.6 Å². The maximum atomic E-state index is 12.8. The monoisotopic (exact) mass is 606 g/mol. The summed E-state index contributed by atoms with van der Waals surface area (Å²) in [5, 5.41) is 22.2. The first kappa shape index (κ1) is 26.9. The molecule has 40 heavy (non-hydrogen) atoms. The quantitative estimate of drug-likeness (QED) is 0.160. The van der Waals surface area contributed by atoms with Crippen LogP contribution in [0.25, 0.3) is 21.9 Å². The fraction of sp³-hybridized carbons (Fsp3) is 0.172. The van der Waals surface area contributed by atoms with E-state index in [2.05, 4.69) is 15.9 Å². The van der Waals surface area contributed by atoms with Gasteiger partial charge in [-0.2, -0.15) is 0 Å². The van der Waals surface area contributed by atoms with Crippen LogP contribution in [-0.2, 0) is 0 Å². The average molecular weight is 607 g/mol. The van der Waals surface area contributed by atoms with Gasteiger partial charge >= 0.3 is 23.4 Å². The fourth-order valence-corrected chi connectivity index (χ4v) is 6.23. The lowest BCUT2D eigenvalue weighted by Crippen LogP contribution is -2.62. The molecule has 0 fully saturated rings. The van der Waals surface area contributed by atoms with E-state index in [1.807, 2.05) is 0 Å². The third kappa shape index (κ3) is 4.47. The molecule has 2 heterocycles. The van der Waals surface area contributed by atoms with E-state index in [-0.39, 0.29) is 22.5 Å². The zero-order chi connectivity index (χ0) is 28.9. The summed E-state index contributed by atoms with van der Waals surface area (Å²) in [5.41, 5.74) is 1.38. The van der Waals surface area contributed by atoms with Gasteiger partial charge in [0.05, 0.1) is 17.4 Å². The number of fused-ring (bicyclic) bond motifs is 2. The highest BCUT2D eigenvalue weighted by Crippen LogP contribution is 2.44. The van der Waals surface area contributed by atoms with E-state index in [0.29, 0.717) is 27.5 Å². The molecule has 11 heteroatoms. The van der Waals surface area contributed by atoms with Crippen LogP contribution in [0.1, 0.15) is 18.1 Å². The Kier molecular flexibility index (Phi) is 6.62. The van der Waals surface area contributed by atoms with Gasteiger partial charge in [-0.1, -0.05) is 28.1 Å². The van der Waals surface area contributed by atoms with E-state index in [4.69, 9.17) is 8.83 Å². The third-order valence-corrected chi connectivity index (χ3v) is 7.96. The molecule has 0 radical (unpaired) electrons. The first-order valence-electron chi connectivity index (χ1n) is 12.1. The summed E-state index contributed by atoms with van der Waals surface area (Å²) >= 11 is 3.59. The molecule has 2 N–H and O–H groups in total. The lowest BCUT2D eigenvalue weighted by molar-refractivity contribution is 0.192. The Hall–Kier alpha value is -4.64. The Bertz CT molecular complexity index is 1890. The Morgan fingerprint density at radius 1 is 0.825 bits per heavy atom. The van der Waals surface area contributed by atoms with Crippen molar-refractivity contribution in [2.45, 2.75) is 31.3 Å². The normalized spacial score (nSPS) is 18.5. The van der Waals surface area contributed by atoms with Crippen molar-refractivity contribution >= 4 is 61.4 Å². The number of hydrogen-bond donors (Lipinski definition) is 2. The van der Waals surface area contributed by atoms with Crippen LogP contribution in [0.5, 0.6) is 0 Å². The van der Waals surface area contributed by atoms with Crippen LogP contribution in [0.2, 0.25) is 0 Å². The number of aryl methyl sites for hydroxylation is 2. The van der Waals surface area contributed by atoms with Gasteiger partial charge in [0.1, 0.15) is 15.6 Å². The van der Waals surface area contributed by atoms with Gasteiger partial charge in [-0.05, 0) is 67.8 Å². The molecule has 10 nitrogen and oxygen atoms in total. The van der Waals surface area contributed by atoms with Gasteiger partial charge in [-0.15, -0.1) is 0 Å². The molecule has 0 spiro atoms. The number of rotatable bonds is 4. The standard InChI is InChI=1S/C29H23BrN2O8/c1-15-5-4-10-29(30,32(28(37)38)19-7-9-21-17(3)12-25(34)40-23(21)14-19)26(15)31(27(35)36)18-6-8-20-16(2)11-24(33)39-22(20)13-18/h4-14,26H,1-3H3,(H,35,36)(H,37,38). The van der Waals surface area contributed by atoms with E-state index in [0.717, 1.165) is 9.80 Å². The van der Waals surface area contributed by atoms with Crippen molar-refractivity contribution in [3.05, 3.63) is 104 Å². The number of carbonyl (C=O) groups is 2. The minimum Gasteiger partial charge on any atom is -0.465 e. The van der Waals surface area contributed by atoms with Crippen LogP contribution in [0.4, 0.5) is 21.0 Å². The summed E-state index contributed by atoms with van der Waals surface area (Å²) in [6, 6.07) is 10.9. The van der Waals surface area contributed by atoms with Crippen LogP contribution in [0.15, 0.2) is 90.8 Å². The van der Waals surface area contributed by atoms with Crippen LogP contribution in [0.3, 0.4) is 0 Å². The van der Waals surface area contributed by atoms with Gasteiger partial charge in [0.15, 0.2) is 0 Å². The molecule has 0 bridgehead atoms. The summed E-state index contributed by atoms with van der Waals surface area (Å²) < 4.78 is 9.03. The fourth-order valence-electron chi connectivity index (χ4n) is 5.16. The maximum absolute atomic E-state index is 12.8. The van der Waals surface area contributed by atoms with Crippen LogP contribution >= 0.6 is 15.9 Å². The Morgan fingerprint density at radius 3 is 1.88 bits per heavy atom. The number of nitrogens with zero attached hydrogens (tertiary/aromatic N) is 2. The lowest BCUT2D eigenvalue weighted by Gasteiger charge is -2.46. The van der Waals surface area contributed by atoms with E-state index in [9.17, 15) is 29.4 Å². The summed E-state index contributed by atoms with van der Waals surface area (Å²) in [7, 11) is 0. The van der Waals surface area contributed by atoms with Crippen molar-refractivity contribution in [3.63, 3.8) is 0 Å². The summed E-state index contributed by atoms with van der Waals surface area (Å²) in [6.07, 6.45) is 2.10. The molecular formula is C29H23BrN2O8. The van der Waals surface area contributed by atoms with Crippen molar-refractivity contribution in [3.8, 4) is 0 Å². The van der Waals surface area contributed by atoms with Crippen LogP contribution < -0.4 is 21.1 Å². The summed E-state index contributed by atoms with van der Waals surface area (Å²) in [4.78, 5) is 51.7. The first-order chi connectivity index (χ1) is 18.9. The highest BCUT2D eigenvalue weighted by atomic mass is 79.9. The molecule has 4 aromatic rings. The van der Waals surface area contributed by atoms with Gasteiger partial charge in [0, 0.05) is 35.0 Å². The molecule has 2 unspecified atom stereocenters. The number of amides is 2. The van der Waals surface area contributed by atoms with Gasteiger partial charge in [0.2, 0.25) is 0 Å². The van der Waals surface area contributed by atoms with Gasteiger partial charge in [-0.3, -0.25) is 9.80 Å². The van der Waals surface area contributed by atoms with E-state index in [1.54, 1.807) is 57.2 Å². The maximum Gasteiger partial charge on any atom is 0.413 e. The molecule has 0 saturated heterocycles. The van der Waals surface area contributed by atoms with Crippen molar-refractivity contribution in [2.75, 3.05) is 9.80 Å². The molecule has 2 aromatic carbocycles. The SMILES string of the molecule is CC1=CC=CC(Br)(N(C(=O)O)c2ccc3c(C)cc(=O)oc3c2)C1N(C(=O)O)c1ccc2c(C)cc(=O)oc2c1. The largest absolute Gasteiger partial charge is 0.465 e. The number of anilines is 2. The van der Waals surface area contributed by atoms with Crippen molar-refractivity contribution in [1.29, 1.82) is 0 Å². The topological polar surface area (TPSA) is 142 Å². The molecule has 5 rings (SSSR count). The molecule has 2 atom stereocenters. The molecular weight excluding hydrogens is 584 g/mol. The summed E-state index contributed by atoms with van der Waals surface area (Å²) in [6.45, 7) is 5.17. The number of benzene rings is 2. The highest BCUT2D eigenvalue weighted by molar-refractivity contribution is 9.10. The minimum atomic E-state index is -1.64. The van der Waals surface area contributed by atoms with E-state index >= 15 is 0 Å². The molecule has 2 amide bonds. The molecule has 2 aromatic heterocycles. The number of alkyl halides is 1. The van der Waals surface area contributed by atoms with Gasteiger partial charge in [0.25, 0.3) is 0 Å².